The SMILES string of the molecule is NCCCCN(CCCN)CCCN.O=P(O)(O)O. The van der Waals surface area contributed by atoms with Gasteiger partial charge >= 0.3 is 7.82 Å². The van der Waals surface area contributed by atoms with Gasteiger partial charge in [0, 0.05) is 0 Å². The van der Waals surface area contributed by atoms with E-state index in [4.69, 9.17) is 36.4 Å². The van der Waals surface area contributed by atoms with E-state index in [0.29, 0.717) is 0 Å². The van der Waals surface area contributed by atoms with Crippen LogP contribution in [-0.2, 0) is 4.57 Å². The van der Waals surface area contributed by atoms with Crippen molar-refractivity contribution in [2.24, 2.45) is 17.2 Å². The summed E-state index contributed by atoms with van der Waals surface area (Å²) in [5.41, 5.74) is 16.4. The molecular weight excluding hydrogens is 271 g/mol. The number of nitrogens with two attached hydrogens (primary N) is 3. The van der Waals surface area contributed by atoms with E-state index in [1.54, 1.807) is 0 Å². The van der Waals surface area contributed by atoms with Crippen LogP contribution < -0.4 is 17.2 Å². The molecule has 0 aromatic heterocycles. The van der Waals surface area contributed by atoms with Crippen LogP contribution in [0.25, 0.3) is 0 Å². The highest BCUT2D eigenvalue weighted by molar-refractivity contribution is 7.45. The molecule has 0 rings (SSSR count). The smallest absolute Gasteiger partial charge is 0.330 e. The van der Waals surface area contributed by atoms with Gasteiger partial charge in [0.2, 0.25) is 0 Å². The van der Waals surface area contributed by atoms with Gasteiger partial charge in [0.25, 0.3) is 0 Å². The Morgan fingerprint density at radius 3 is 1.37 bits per heavy atom. The fourth-order valence-corrected chi connectivity index (χ4v) is 1.44. The quantitative estimate of drug-likeness (QED) is 0.217. The molecule has 0 spiro atoms. The number of rotatable bonds is 10. The third-order valence-corrected chi connectivity index (χ3v) is 2.29. The predicted molar refractivity (Wildman–Crippen MR) is 76.3 cm³/mol. The number of unbranched alkanes of at least 4 members (excludes halogenated alkanes) is 1. The molecule has 19 heavy (non-hydrogen) atoms. The van der Waals surface area contributed by atoms with Gasteiger partial charge in [-0.05, 0) is 65.0 Å². The van der Waals surface area contributed by atoms with Crippen molar-refractivity contribution in [2.75, 3.05) is 39.3 Å². The van der Waals surface area contributed by atoms with Gasteiger partial charge in [-0.25, -0.2) is 4.57 Å². The normalized spacial score (nSPS) is 11.3. The number of nitrogens with zero attached hydrogens (tertiary/aromatic N) is 1. The van der Waals surface area contributed by atoms with E-state index in [9.17, 15) is 0 Å². The Morgan fingerprint density at radius 1 is 0.737 bits per heavy atom. The van der Waals surface area contributed by atoms with E-state index >= 15 is 0 Å². The van der Waals surface area contributed by atoms with Crippen LogP contribution in [0.2, 0.25) is 0 Å². The minimum absolute atomic E-state index is 0.774. The molecule has 9 N–H and O–H groups in total. The second-order valence-corrected chi connectivity index (χ2v) is 5.16. The van der Waals surface area contributed by atoms with Crippen molar-refractivity contribution < 1.29 is 19.2 Å². The first kappa shape index (κ1) is 21.3. The van der Waals surface area contributed by atoms with Crippen LogP contribution in [0.1, 0.15) is 25.7 Å². The minimum Gasteiger partial charge on any atom is -0.330 e. The third-order valence-electron chi connectivity index (χ3n) is 2.29. The molecule has 0 aliphatic rings. The summed E-state index contributed by atoms with van der Waals surface area (Å²) in [6.07, 6.45) is 4.45. The van der Waals surface area contributed by atoms with Crippen molar-refractivity contribution in [3.05, 3.63) is 0 Å². The van der Waals surface area contributed by atoms with Gasteiger partial charge in [0.1, 0.15) is 0 Å². The summed E-state index contributed by atoms with van der Waals surface area (Å²) in [7, 11) is -4.64. The van der Waals surface area contributed by atoms with E-state index in [2.05, 4.69) is 4.90 Å². The van der Waals surface area contributed by atoms with Crippen molar-refractivity contribution in [1.29, 1.82) is 0 Å². The fourth-order valence-electron chi connectivity index (χ4n) is 1.44. The highest BCUT2D eigenvalue weighted by Gasteiger charge is 2.02. The highest BCUT2D eigenvalue weighted by Crippen LogP contribution is 2.25. The predicted octanol–water partition coefficient (Wildman–Crippen LogP) is -1.20. The zero-order valence-corrected chi connectivity index (χ0v) is 12.3. The second kappa shape index (κ2) is 14.4. The summed E-state index contributed by atoms with van der Waals surface area (Å²) in [6.45, 7) is 5.67. The molecule has 0 aromatic carbocycles. The number of phosphoric acid groups is 1. The van der Waals surface area contributed by atoms with Gasteiger partial charge in [-0.2, -0.15) is 0 Å². The molecule has 0 bridgehead atoms. The first-order valence-corrected chi connectivity index (χ1v) is 8.02. The molecule has 0 aliphatic carbocycles. The van der Waals surface area contributed by atoms with Crippen LogP contribution >= 0.6 is 7.82 Å². The fraction of sp³-hybridized carbons (Fsp3) is 1.00. The largest absolute Gasteiger partial charge is 0.466 e. The Labute approximate surface area is 115 Å². The molecule has 118 valence electrons. The molecule has 0 unspecified atom stereocenters. The molecule has 0 saturated carbocycles. The molecule has 9 heteroatoms. The van der Waals surface area contributed by atoms with E-state index in [-0.39, 0.29) is 0 Å². The maximum Gasteiger partial charge on any atom is 0.466 e. The van der Waals surface area contributed by atoms with E-state index < -0.39 is 7.82 Å². The lowest BCUT2D eigenvalue weighted by Gasteiger charge is -2.21. The van der Waals surface area contributed by atoms with Gasteiger partial charge in [-0.3, -0.25) is 0 Å². The molecule has 0 heterocycles. The summed E-state index contributed by atoms with van der Waals surface area (Å²) in [5, 5.41) is 0. The van der Waals surface area contributed by atoms with Crippen LogP contribution in [-0.4, -0.2) is 58.8 Å². The molecule has 0 aromatic rings. The Morgan fingerprint density at radius 2 is 1.05 bits per heavy atom. The Hall–Kier alpha value is -0.0500. The van der Waals surface area contributed by atoms with Crippen molar-refractivity contribution in [3.8, 4) is 0 Å². The van der Waals surface area contributed by atoms with Gasteiger partial charge in [-0.15, -0.1) is 0 Å². The monoisotopic (exact) mass is 300 g/mol. The van der Waals surface area contributed by atoms with Crippen LogP contribution in [0, 0.1) is 0 Å². The molecule has 0 atom stereocenters. The van der Waals surface area contributed by atoms with Gasteiger partial charge in [0.05, 0.1) is 0 Å². The maximum atomic E-state index is 8.88. The van der Waals surface area contributed by atoms with E-state index in [1.807, 2.05) is 0 Å². The molecule has 0 saturated heterocycles. The summed E-state index contributed by atoms with van der Waals surface area (Å²) < 4.78 is 8.88. The van der Waals surface area contributed by atoms with Crippen molar-refractivity contribution in [2.45, 2.75) is 25.7 Å². The van der Waals surface area contributed by atoms with Gasteiger partial charge < -0.3 is 36.8 Å². The van der Waals surface area contributed by atoms with Gasteiger partial charge in [-0.1, -0.05) is 0 Å². The van der Waals surface area contributed by atoms with Crippen LogP contribution in [0.15, 0.2) is 0 Å². The lowest BCUT2D eigenvalue weighted by Crippen LogP contribution is -2.30. The lowest BCUT2D eigenvalue weighted by atomic mass is 10.2. The Kier molecular flexibility index (Phi) is 16.1. The second-order valence-electron chi connectivity index (χ2n) is 4.14. The topological polar surface area (TPSA) is 159 Å². The number of hydrogen-bond acceptors (Lipinski definition) is 5. The summed E-state index contributed by atoms with van der Waals surface area (Å²) >= 11 is 0. The van der Waals surface area contributed by atoms with Crippen molar-refractivity contribution in [3.63, 3.8) is 0 Å². The molecular formula is C10H29N4O4P. The number of hydrogen-bond donors (Lipinski definition) is 6. The third kappa shape index (κ3) is 27.2. The molecule has 0 fully saturated rings. The molecule has 0 radical (unpaired) electrons. The zero-order valence-electron chi connectivity index (χ0n) is 11.4. The van der Waals surface area contributed by atoms with Crippen molar-refractivity contribution >= 4 is 7.82 Å². The van der Waals surface area contributed by atoms with E-state index in [1.165, 1.54) is 6.42 Å². The van der Waals surface area contributed by atoms with Crippen LogP contribution in [0.3, 0.4) is 0 Å². The average molecular weight is 300 g/mol. The maximum absolute atomic E-state index is 8.88. The molecule has 0 amide bonds. The summed E-state index contributed by atoms with van der Waals surface area (Å²) in [5.74, 6) is 0. The lowest BCUT2D eigenvalue weighted by molar-refractivity contribution is 0.265. The Bertz CT molecular complexity index is 211. The zero-order chi connectivity index (χ0) is 15.1. The van der Waals surface area contributed by atoms with E-state index in [0.717, 1.165) is 58.5 Å². The van der Waals surface area contributed by atoms with Crippen molar-refractivity contribution in [1.82, 2.24) is 4.90 Å². The minimum atomic E-state index is -4.64. The van der Waals surface area contributed by atoms with Crippen LogP contribution in [0.4, 0.5) is 0 Å². The van der Waals surface area contributed by atoms with Crippen LogP contribution in [0.5, 0.6) is 0 Å². The first-order valence-electron chi connectivity index (χ1n) is 6.46. The van der Waals surface area contributed by atoms with Gasteiger partial charge in [0.15, 0.2) is 0 Å². The molecule has 8 nitrogen and oxygen atoms in total. The average Bonchev–Trinajstić information content (AvgIpc) is 2.30. The molecule has 0 aliphatic heterocycles. The summed E-state index contributed by atoms with van der Waals surface area (Å²) in [6, 6.07) is 0. The Balaban J connectivity index is 0. The summed E-state index contributed by atoms with van der Waals surface area (Å²) in [4.78, 5) is 24.0. The first-order chi connectivity index (χ1) is 8.85. The standard InChI is InChI=1S/C10H26N4.H3O4P/c11-5-1-2-8-14(9-3-6-12)10-4-7-13;1-5(2,3)4/h1-13H2;(H3,1,2,3,4). The highest BCUT2D eigenvalue weighted by atomic mass is 31.2.